The van der Waals surface area contributed by atoms with E-state index in [9.17, 15) is 0 Å². The summed E-state index contributed by atoms with van der Waals surface area (Å²) in [6, 6.07) is 67.5. The summed E-state index contributed by atoms with van der Waals surface area (Å²) in [4.78, 5) is 15.3. The third kappa shape index (κ3) is 5.29. The molecule has 0 amide bonds. The zero-order valence-electron chi connectivity index (χ0n) is 30.2. The van der Waals surface area contributed by atoms with Gasteiger partial charge >= 0.3 is 0 Å². The first-order valence-electron chi connectivity index (χ1n) is 18.8. The Morgan fingerprint density at radius 3 is 1.75 bits per heavy atom. The maximum atomic E-state index is 6.25. The van der Waals surface area contributed by atoms with Gasteiger partial charge in [0.25, 0.3) is 0 Å². The molecule has 3 aromatic heterocycles. The third-order valence-electron chi connectivity index (χ3n) is 10.7. The summed E-state index contributed by atoms with van der Waals surface area (Å²) in [6.45, 7) is 0. The summed E-state index contributed by atoms with van der Waals surface area (Å²) >= 11 is 0. The van der Waals surface area contributed by atoms with E-state index >= 15 is 0 Å². The average molecular weight is 717 g/mol. The Labute approximate surface area is 322 Å². The molecule has 0 bridgehead atoms. The average Bonchev–Trinajstić information content (AvgIpc) is 3.83. The van der Waals surface area contributed by atoms with Crippen LogP contribution in [0.2, 0.25) is 0 Å². The van der Waals surface area contributed by atoms with E-state index in [0.717, 1.165) is 61.0 Å². The predicted molar refractivity (Wildman–Crippen MR) is 229 cm³/mol. The van der Waals surface area contributed by atoms with Crippen LogP contribution < -0.4 is 0 Å². The molecule has 3 heterocycles. The number of para-hydroxylation sites is 3. The van der Waals surface area contributed by atoms with Crippen LogP contribution in [0.3, 0.4) is 0 Å². The Bertz CT molecular complexity index is 3240. The smallest absolute Gasteiger partial charge is 0.164 e. The van der Waals surface area contributed by atoms with Gasteiger partial charge in [0.2, 0.25) is 0 Å². The fourth-order valence-corrected chi connectivity index (χ4v) is 8.09. The van der Waals surface area contributed by atoms with E-state index < -0.39 is 0 Å². The molecule has 0 unspecified atom stereocenters. The molecule has 0 radical (unpaired) electrons. The van der Waals surface area contributed by atoms with Crippen LogP contribution >= 0.6 is 0 Å². The van der Waals surface area contributed by atoms with Crippen LogP contribution in [-0.2, 0) is 0 Å². The van der Waals surface area contributed by atoms with Crippen LogP contribution in [0.25, 0.3) is 106 Å². The SMILES string of the molecule is c1ccc(-c2nc(-c3cccc(-c4ccc5c(c4)c4cccc(-c6ccccc6)c4n5-c4ccccc4)c3)nc(-c3cccc4oc5ccccc5c34)n2)cc1. The van der Waals surface area contributed by atoms with Gasteiger partial charge in [0.15, 0.2) is 17.5 Å². The summed E-state index contributed by atoms with van der Waals surface area (Å²) in [6.07, 6.45) is 0. The molecule has 8 aromatic carbocycles. The number of rotatable bonds is 6. The molecule has 11 aromatic rings. The zero-order chi connectivity index (χ0) is 37.0. The third-order valence-corrected chi connectivity index (χ3v) is 10.7. The summed E-state index contributed by atoms with van der Waals surface area (Å²) in [5, 5.41) is 4.42. The molecule has 0 aliphatic carbocycles. The Balaban J connectivity index is 1.09. The lowest BCUT2D eigenvalue weighted by atomic mass is 9.99. The molecule has 56 heavy (non-hydrogen) atoms. The van der Waals surface area contributed by atoms with E-state index in [0.29, 0.717) is 17.5 Å². The minimum atomic E-state index is 0.598. The topological polar surface area (TPSA) is 56.7 Å². The minimum Gasteiger partial charge on any atom is -0.456 e. The molecular weight excluding hydrogens is 685 g/mol. The van der Waals surface area contributed by atoms with Crippen LogP contribution in [0, 0.1) is 0 Å². The minimum absolute atomic E-state index is 0.598. The van der Waals surface area contributed by atoms with Crippen molar-refractivity contribution in [1.82, 2.24) is 19.5 Å². The van der Waals surface area contributed by atoms with E-state index in [2.05, 4.69) is 138 Å². The predicted octanol–water partition coefficient (Wildman–Crippen LogP) is 13.2. The maximum absolute atomic E-state index is 6.25. The highest BCUT2D eigenvalue weighted by Crippen LogP contribution is 2.41. The van der Waals surface area contributed by atoms with Crippen molar-refractivity contribution >= 4 is 43.7 Å². The molecule has 0 N–H and O–H groups in total. The van der Waals surface area contributed by atoms with Gasteiger partial charge in [-0.1, -0.05) is 152 Å². The Kier molecular flexibility index (Phi) is 7.42. The van der Waals surface area contributed by atoms with Gasteiger partial charge in [-0.3, -0.25) is 0 Å². The first-order valence-corrected chi connectivity index (χ1v) is 18.8. The molecule has 0 spiro atoms. The second-order valence-electron chi connectivity index (χ2n) is 14.0. The first-order chi connectivity index (χ1) is 27.8. The fraction of sp³-hybridized carbons (Fsp3) is 0. The highest BCUT2D eigenvalue weighted by molar-refractivity contribution is 6.15. The van der Waals surface area contributed by atoms with Gasteiger partial charge in [0.05, 0.1) is 11.0 Å². The molecule has 11 rings (SSSR count). The van der Waals surface area contributed by atoms with Crippen LogP contribution in [0.15, 0.2) is 199 Å². The quantitative estimate of drug-likeness (QED) is 0.172. The molecule has 0 aliphatic rings. The first kappa shape index (κ1) is 31.9. The van der Waals surface area contributed by atoms with Crippen LogP contribution in [0.1, 0.15) is 0 Å². The molecule has 0 aliphatic heterocycles. The van der Waals surface area contributed by atoms with Gasteiger partial charge in [0.1, 0.15) is 11.2 Å². The van der Waals surface area contributed by atoms with Crippen molar-refractivity contribution in [2.24, 2.45) is 0 Å². The van der Waals surface area contributed by atoms with Gasteiger partial charge in [-0.05, 0) is 59.2 Å². The zero-order valence-corrected chi connectivity index (χ0v) is 30.2. The van der Waals surface area contributed by atoms with Crippen molar-refractivity contribution in [3.05, 3.63) is 194 Å². The monoisotopic (exact) mass is 716 g/mol. The largest absolute Gasteiger partial charge is 0.456 e. The van der Waals surface area contributed by atoms with Crippen molar-refractivity contribution < 1.29 is 4.42 Å². The van der Waals surface area contributed by atoms with Gasteiger partial charge in [0, 0.05) is 49.5 Å². The number of furan rings is 1. The Hall–Kier alpha value is -7.63. The molecule has 0 saturated heterocycles. The van der Waals surface area contributed by atoms with Gasteiger partial charge in [-0.25, -0.2) is 15.0 Å². The second-order valence-corrected chi connectivity index (χ2v) is 14.0. The number of nitrogens with zero attached hydrogens (tertiary/aromatic N) is 4. The second kappa shape index (κ2) is 13.0. The van der Waals surface area contributed by atoms with E-state index in [4.69, 9.17) is 19.4 Å². The number of fused-ring (bicyclic) bond motifs is 6. The van der Waals surface area contributed by atoms with Gasteiger partial charge in [-0.2, -0.15) is 0 Å². The highest BCUT2D eigenvalue weighted by atomic mass is 16.3. The molecule has 5 nitrogen and oxygen atoms in total. The van der Waals surface area contributed by atoms with Crippen molar-refractivity contribution in [2.75, 3.05) is 0 Å². The van der Waals surface area contributed by atoms with Gasteiger partial charge < -0.3 is 8.98 Å². The molecule has 0 atom stereocenters. The molecule has 5 heteroatoms. The number of aromatic nitrogens is 4. The molecular formula is C51H32N4O. The molecule has 0 saturated carbocycles. The lowest BCUT2D eigenvalue weighted by Crippen LogP contribution is -2.00. The highest BCUT2D eigenvalue weighted by Gasteiger charge is 2.20. The number of benzene rings is 8. The van der Waals surface area contributed by atoms with Crippen LogP contribution in [-0.4, -0.2) is 19.5 Å². The summed E-state index contributed by atoms with van der Waals surface area (Å²) in [7, 11) is 0. The van der Waals surface area contributed by atoms with Crippen molar-refractivity contribution in [2.45, 2.75) is 0 Å². The summed E-state index contributed by atoms with van der Waals surface area (Å²) < 4.78 is 8.65. The van der Waals surface area contributed by atoms with Crippen molar-refractivity contribution in [1.29, 1.82) is 0 Å². The lowest BCUT2D eigenvalue weighted by Gasteiger charge is -2.12. The van der Waals surface area contributed by atoms with Crippen molar-refractivity contribution in [3.63, 3.8) is 0 Å². The van der Waals surface area contributed by atoms with Crippen LogP contribution in [0.5, 0.6) is 0 Å². The fourth-order valence-electron chi connectivity index (χ4n) is 8.09. The summed E-state index contributed by atoms with van der Waals surface area (Å²) in [5.74, 6) is 1.82. The normalized spacial score (nSPS) is 11.6. The van der Waals surface area contributed by atoms with E-state index in [1.165, 1.54) is 27.4 Å². The maximum Gasteiger partial charge on any atom is 0.164 e. The Morgan fingerprint density at radius 1 is 0.357 bits per heavy atom. The van der Waals surface area contributed by atoms with Gasteiger partial charge in [-0.15, -0.1) is 0 Å². The van der Waals surface area contributed by atoms with E-state index in [1.807, 2.05) is 60.7 Å². The summed E-state index contributed by atoms with van der Waals surface area (Å²) in [5.41, 5.74) is 12.4. The molecule has 0 fully saturated rings. The van der Waals surface area contributed by atoms with E-state index in [1.54, 1.807) is 0 Å². The Morgan fingerprint density at radius 2 is 0.929 bits per heavy atom. The van der Waals surface area contributed by atoms with E-state index in [-0.39, 0.29) is 0 Å². The standard InChI is InChI=1S/C51H32N4O/c1-4-15-33(16-5-1)39-24-13-25-40-43-32-36(29-30-44(43)55(48(39)40)38-21-8-3-9-22-38)35-19-12-20-37(31-35)50-52-49(34-17-6-2-7-18-34)53-51(54-50)42-26-14-28-46-47(42)41-23-10-11-27-45(41)56-46/h1-32H. The van der Waals surface area contributed by atoms with Crippen LogP contribution in [0.4, 0.5) is 0 Å². The molecule has 262 valence electrons. The number of hydrogen-bond donors (Lipinski definition) is 0. The van der Waals surface area contributed by atoms with Crippen molar-refractivity contribution in [3.8, 4) is 62.1 Å². The lowest BCUT2D eigenvalue weighted by molar-refractivity contribution is 0.669. The number of hydrogen-bond acceptors (Lipinski definition) is 4.